The molecule has 1 unspecified atom stereocenters. The summed E-state index contributed by atoms with van der Waals surface area (Å²) in [4.78, 5) is 11.5. The number of hydrogen-bond donors (Lipinski definition) is 0. The van der Waals surface area contributed by atoms with Crippen LogP contribution in [0.4, 0.5) is 13.2 Å². The topological polar surface area (TPSA) is 26.3 Å². The molecule has 0 aliphatic heterocycles. The van der Waals surface area contributed by atoms with Crippen molar-refractivity contribution in [1.82, 2.24) is 0 Å². The number of hydrogen-bond acceptors (Lipinski definition) is 2. The Morgan fingerprint density at radius 1 is 1.41 bits per heavy atom. The van der Waals surface area contributed by atoms with Gasteiger partial charge < -0.3 is 4.74 Å². The van der Waals surface area contributed by atoms with Crippen molar-refractivity contribution in [2.45, 2.75) is 18.7 Å². The Labute approximate surface area is 109 Å². The maximum absolute atomic E-state index is 12.0. The number of ketones is 1. The second-order valence-electron chi connectivity index (χ2n) is 3.20. The molecule has 1 rings (SSSR count). The van der Waals surface area contributed by atoms with Gasteiger partial charge in [0.1, 0.15) is 5.75 Å². The lowest BCUT2D eigenvalue weighted by Gasteiger charge is -2.11. The molecule has 2 nitrogen and oxygen atoms in total. The van der Waals surface area contributed by atoms with E-state index in [4.69, 9.17) is 11.6 Å². The van der Waals surface area contributed by atoms with Crippen LogP contribution < -0.4 is 4.74 Å². The van der Waals surface area contributed by atoms with Gasteiger partial charge in [0.25, 0.3) is 0 Å². The van der Waals surface area contributed by atoms with E-state index in [2.05, 4.69) is 20.7 Å². The highest BCUT2D eigenvalue weighted by Crippen LogP contribution is 2.28. The van der Waals surface area contributed by atoms with E-state index in [9.17, 15) is 18.0 Å². The summed E-state index contributed by atoms with van der Waals surface area (Å²) in [5, 5.41) is -0.817. The number of halogens is 5. The standard InChI is InChI=1S/C10H7BrClF3O2/c1-5(12)9(16)6-2-7(11)4-8(3-6)17-10(13,14)15/h2-5H,1H3. The summed E-state index contributed by atoms with van der Waals surface area (Å²) in [7, 11) is 0. The van der Waals surface area contributed by atoms with Crippen molar-refractivity contribution in [1.29, 1.82) is 0 Å². The zero-order valence-corrected chi connectivity index (χ0v) is 10.9. The first kappa shape index (κ1) is 14.3. The van der Waals surface area contributed by atoms with Gasteiger partial charge in [0, 0.05) is 10.0 Å². The van der Waals surface area contributed by atoms with Gasteiger partial charge in [-0.2, -0.15) is 0 Å². The fraction of sp³-hybridized carbons (Fsp3) is 0.300. The normalized spacial score (nSPS) is 13.3. The summed E-state index contributed by atoms with van der Waals surface area (Å²) >= 11 is 8.57. The SMILES string of the molecule is CC(Cl)C(=O)c1cc(Br)cc(OC(F)(F)F)c1. The Morgan fingerprint density at radius 3 is 2.47 bits per heavy atom. The molecular weight excluding hydrogens is 324 g/mol. The zero-order chi connectivity index (χ0) is 13.2. The highest BCUT2D eigenvalue weighted by Gasteiger charge is 2.31. The lowest BCUT2D eigenvalue weighted by atomic mass is 10.1. The molecule has 0 aromatic heterocycles. The number of Topliss-reactive ketones (excluding diaryl/α,β-unsaturated/α-hetero) is 1. The van der Waals surface area contributed by atoms with Crippen molar-refractivity contribution in [3.8, 4) is 5.75 Å². The van der Waals surface area contributed by atoms with Gasteiger partial charge >= 0.3 is 6.36 Å². The summed E-state index contributed by atoms with van der Waals surface area (Å²) in [6, 6.07) is 3.49. The van der Waals surface area contributed by atoms with Crippen LogP contribution in [0.15, 0.2) is 22.7 Å². The van der Waals surface area contributed by atoms with Gasteiger partial charge in [0.15, 0.2) is 5.78 Å². The number of ether oxygens (including phenoxy) is 1. The highest BCUT2D eigenvalue weighted by atomic mass is 79.9. The zero-order valence-electron chi connectivity index (χ0n) is 8.52. The Hall–Kier alpha value is -0.750. The lowest BCUT2D eigenvalue weighted by Crippen LogP contribution is -2.18. The molecule has 0 saturated heterocycles. The summed E-state index contributed by atoms with van der Waals surface area (Å²) < 4.78 is 40.1. The van der Waals surface area contributed by atoms with Crippen LogP contribution in [0, 0.1) is 0 Å². The number of carbonyl (C=O) groups excluding carboxylic acids is 1. The Bertz CT molecular complexity index is 432. The first-order valence-corrected chi connectivity index (χ1v) is 5.66. The molecule has 1 aromatic rings. The minimum atomic E-state index is -4.80. The molecule has 0 radical (unpaired) electrons. The van der Waals surface area contributed by atoms with E-state index in [0.29, 0.717) is 4.47 Å². The Balaban J connectivity index is 3.07. The number of benzene rings is 1. The molecule has 0 aliphatic rings. The minimum absolute atomic E-state index is 0.0566. The van der Waals surface area contributed by atoms with E-state index in [0.717, 1.165) is 12.1 Å². The lowest BCUT2D eigenvalue weighted by molar-refractivity contribution is -0.274. The molecule has 0 fully saturated rings. The quantitative estimate of drug-likeness (QED) is 0.614. The van der Waals surface area contributed by atoms with Crippen molar-refractivity contribution >= 4 is 33.3 Å². The van der Waals surface area contributed by atoms with Gasteiger partial charge in [-0.1, -0.05) is 15.9 Å². The fourth-order valence-corrected chi connectivity index (χ4v) is 1.73. The van der Waals surface area contributed by atoms with Crippen LogP contribution in [0.5, 0.6) is 5.75 Å². The molecule has 0 amide bonds. The monoisotopic (exact) mass is 330 g/mol. The van der Waals surface area contributed by atoms with Crippen LogP contribution in [-0.2, 0) is 0 Å². The van der Waals surface area contributed by atoms with Gasteiger partial charge in [0.05, 0.1) is 5.38 Å². The molecule has 94 valence electrons. The van der Waals surface area contributed by atoms with Gasteiger partial charge in [-0.3, -0.25) is 4.79 Å². The number of alkyl halides is 4. The van der Waals surface area contributed by atoms with Crippen molar-refractivity contribution in [2.75, 3.05) is 0 Å². The van der Waals surface area contributed by atoms with Gasteiger partial charge in [-0.15, -0.1) is 24.8 Å². The smallest absolute Gasteiger partial charge is 0.406 e. The van der Waals surface area contributed by atoms with E-state index in [1.807, 2.05) is 0 Å². The van der Waals surface area contributed by atoms with Crippen LogP contribution in [0.3, 0.4) is 0 Å². The summed E-state index contributed by atoms with van der Waals surface area (Å²) in [5.41, 5.74) is 0.0566. The maximum atomic E-state index is 12.0. The third-order valence-electron chi connectivity index (χ3n) is 1.75. The average Bonchev–Trinajstić information content (AvgIpc) is 2.12. The maximum Gasteiger partial charge on any atom is 0.573 e. The Kier molecular flexibility index (Phi) is 4.43. The number of rotatable bonds is 3. The molecule has 17 heavy (non-hydrogen) atoms. The molecular formula is C10H7BrClF3O2. The van der Waals surface area contributed by atoms with Crippen LogP contribution in [-0.4, -0.2) is 17.5 Å². The van der Waals surface area contributed by atoms with E-state index in [1.165, 1.54) is 13.0 Å². The van der Waals surface area contributed by atoms with E-state index >= 15 is 0 Å². The predicted octanol–water partition coefficient (Wildman–Crippen LogP) is 4.16. The summed E-state index contributed by atoms with van der Waals surface area (Å²) in [5.74, 6) is -0.937. The van der Waals surface area contributed by atoms with Crippen LogP contribution in [0.1, 0.15) is 17.3 Å². The largest absolute Gasteiger partial charge is 0.573 e. The van der Waals surface area contributed by atoms with Crippen LogP contribution in [0.25, 0.3) is 0 Å². The molecule has 0 aliphatic carbocycles. The Morgan fingerprint density at radius 2 is 2.00 bits per heavy atom. The predicted molar refractivity (Wildman–Crippen MR) is 60.5 cm³/mol. The summed E-state index contributed by atoms with van der Waals surface area (Å²) in [6.07, 6.45) is -4.80. The molecule has 0 spiro atoms. The second kappa shape index (κ2) is 5.27. The molecule has 0 bridgehead atoms. The molecule has 0 saturated carbocycles. The van der Waals surface area contributed by atoms with Gasteiger partial charge in [0.2, 0.25) is 0 Å². The van der Waals surface area contributed by atoms with E-state index < -0.39 is 23.3 Å². The van der Waals surface area contributed by atoms with E-state index in [-0.39, 0.29) is 5.56 Å². The van der Waals surface area contributed by atoms with Crippen LogP contribution in [0.2, 0.25) is 0 Å². The highest BCUT2D eigenvalue weighted by molar-refractivity contribution is 9.10. The minimum Gasteiger partial charge on any atom is -0.406 e. The van der Waals surface area contributed by atoms with Gasteiger partial charge in [-0.05, 0) is 25.1 Å². The van der Waals surface area contributed by atoms with E-state index in [1.54, 1.807) is 0 Å². The number of carbonyl (C=O) groups is 1. The van der Waals surface area contributed by atoms with Crippen molar-refractivity contribution in [2.24, 2.45) is 0 Å². The third kappa shape index (κ3) is 4.55. The molecule has 0 heterocycles. The van der Waals surface area contributed by atoms with Crippen molar-refractivity contribution in [3.63, 3.8) is 0 Å². The van der Waals surface area contributed by atoms with Crippen molar-refractivity contribution in [3.05, 3.63) is 28.2 Å². The third-order valence-corrected chi connectivity index (χ3v) is 2.41. The first-order valence-electron chi connectivity index (χ1n) is 4.43. The average molecular weight is 332 g/mol. The summed E-state index contributed by atoms with van der Waals surface area (Å²) in [6.45, 7) is 1.44. The molecule has 7 heteroatoms. The van der Waals surface area contributed by atoms with Crippen LogP contribution >= 0.6 is 27.5 Å². The molecule has 1 aromatic carbocycles. The molecule has 0 N–H and O–H groups in total. The van der Waals surface area contributed by atoms with Crippen molar-refractivity contribution < 1.29 is 22.7 Å². The molecule has 1 atom stereocenters. The first-order chi connectivity index (χ1) is 7.69. The van der Waals surface area contributed by atoms with Gasteiger partial charge in [-0.25, -0.2) is 0 Å². The fourth-order valence-electron chi connectivity index (χ4n) is 1.13. The second-order valence-corrected chi connectivity index (χ2v) is 4.77.